The van der Waals surface area contributed by atoms with Gasteiger partial charge in [-0.05, 0) is 25.8 Å². The lowest BCUT2D eigenvalue weighted by molar-refractivity contribution is -0.00442. The van der Waals surface area contributed by atoms with E-state index in [2.05, 4.69) is 11.8 Å². The van der Waals surface area contributed by atoms with Crippen molar-refractivity contribution in [3.05, 3.63) is 0 Å². The minimum atomic E-state index is 0.276. The molecule has 4 heteroatoms. The second kappa shape index (κ2) is 6.80. The molecule has 3 N–H and O–H groups in total. The molecule has 15 heavy (non-hydrogen) atoms. The van der Waals surface area contributed by atoms with Gasteiger partial charge in [-0.15, -0.1) is 0 Å². The third-order valence-electron chi connectivity index (χ3n) is 2.88. The minimum absolute atomic E-state index is 0.276. The average molecular weight is 213 g/mol. The zero-order valence-electron chi connectivity index (χ0n) is 9.67. The van der Waals surface area contributed by atoms with E-state index in [4.69, 9.17) is 15.9 Å². The van der Waals surface area contributed by atoms with Gasteiger partial charge in [-0.2, -0.15) is 0 Å². The van der Waals surface area contributed by atoms with E-state index in [0.717, 1.165) is 26.2 Å². The maximum Gasteiger partial charge on any atom is 0.0918 e. The Bertz CT molecular complexity index is 190. The van der Waals surface area contributed by atoms with E-state index in [0.29, 0.717) is 12.5 Å². The Morgan fingerprint density at radius 3 is 2.87 bits per heavy atom. The summed E-state index contributed by atoms with van der Waals surface area (Å²) in [6.45, 7) is 5.93. The average Bonchev–Trinajstić information content (AvgIpc) is 2.25. The van der Waals surface area contributed by atoms with Crippen molar-refractivity contribution in [2.24, 2.45) is 5.73 Å². The third-order valence-corrected chi connectivity index (χ3v) is 2.88. The first kappa shape index (κ1) is 12.5. The Balaban J connectivity index is 2.22. The molecular formula is C11H23N3O. The standard InChI is InChI=1S/C11H23N3O/c1-2-14(7-6-11(12)13)9-10-5-3-4-8-15-10/h10H,2-9H2,1H3,(H3,12,13). The molecule has 0 aromatic carbocycles. The van der Waals surface area contributed by atoms with E-state index < -0.39 is 0 Å². The van der Waals surface area contributed by atoms with Gasteiger partial charge in [-0.25, -0.2) is 0 Å². The fraction of sp³-hybridized carbons (Fsp3) is 0.909. The van der Waals surface area contributed by atoms with Crippen LogP contribution in [0.2, 0.25) is 0 Å². The zero-order chi connectivity index (χ0) is 11.1. The third kappa shape index (κ3) is 5.14. The summed E-state index contributed by atoms with van der Waals surface area (Å²) in [6.07, 6.45) is 4.73. The van der Waals surface area contributed by atoms with Gasteiger partial charge in [0, 0.05) is 26.1 Å². The van der Waals surface area contributed by atoms with Gasteiger partial charge < -0.3 is 15.4 Å². The highest BCUT2D eigenvalue weighted by molar-refractivity contribution is 5.76. The largest absolute Gasteiger partial charge is 0.388 e. The fourth-order valence-corrected chi connectivity index (χ4v) is 1.90. The van der Waals surface area contributed by atoms with Crippen molar-refractivity contribution in [2.45, 2.75) is 38.7 Å². The fourth-order valence-electron chi connectivity index (χ4n) is 1.90. The molecule has 88 valence electrons. The summed E-state index contributed by atoms with van der Waals surface area (Å²) in [5, 5.41) is 7.20. The molecule has 1 heterocycles. The maximum atomic E-state index is 7.20. The Labute approximate surface area is 92.3 Å². The highest BCUT2D eigenvalue weighted by atomic mass is 16.5. The van der Waals surface area contributed by atoms with Gasteiger partial charge in [0.05, 0.1) is 11.9 Å². The smallest absolute Gasteiger partial charge is 0.0918 e. The van der Waals surface area contributed by atoms with Gasteiger partial charge in [0.1, 0.15) is 0 Å². The predicted molar refractivity (Wildman–Crippen MR) is 62.2 cm³/mol. The summed E-state index contributed by atoms with van der Waals surface area (Å²) in [5.41, 5.74) is 5.35. The van der Waals surface area contributed by atoms with Crippen LogP contribution in [0.25, 0.3) is 0 Å². The van der Waals surface area contributed by atoms with Crippen molar-refractivity contribution in [1.29, 1.82) is 5.41 Å². The van der Waals surface area contributed by atoms with Gasteiger partial charge in [0.2, 0.25) is 0 Å². The lowest BCUT2D eigenvalue weighted by Crippen LogP contribution is -2.37. The molecule has 0 spiro atoms. The molecule has 1 aliphatic rings. The number of amidine groups is 1. The number of nitrogens with two attached hydrogens (primary N) is 1. The number of hydrogen-bond acceptors (Lipinski definition) is 3. The van der Waals surface area contributed by atoms with Gasteiger partial charge >= 0.3 is 0 Å². The first-order valence-corrected chi connectivity index (χ1v) is 5.89. The number of nitrogens with zero attached hydrogens (tertiary/aromatic N) is 1. The first-order chi connectivity index (χ1) is 7.22. The van der Waals surface area contributed by atoms with Crippen LogP contribution in [0.15, 0.2) is 0 Å². The molecule has 0 aromatic rings. The van der Waals surface area contributed by atoms with E-state index >= 15 is 0 Å². The van der Waals surface area contributed by atoms with Crippen molar-refractivity contribution in [2.75, 3.05) is 26.2 Å². The Hall–Kier alpha value is -0.610. The molecule has 1 unspecified atom stereocenters. The topological polar surface area (TPSA) is 62.3 Å². The molecule has 0 saturated carbocycles. The molecule has 0 amide bonds. The van der Waals surface area contributed by atoms with Crippen LogP contribution >= 0.6 is 0 Å². The van der Waals surface area contributed by atoms with Crippen molar-refractivity contribution >= 4 is 5.84 Å². The second-order valence-electron chi connectivity index (χ2n) is 4.16. The van der Waals surface area contributed by atoms with E-state index in [1.807, 2.05) is 0 Å². The quantitative estimate of drug-likeness (QED) is 0.515. The molecule has 0 aromatic heterocycles. The summed E-state index contributed by atoms with van der Waals surface area (Å²) in [6, 6.07) is 0. The molecule has 0 radical (unpaired) electrons. The Morgan fingerprint density at radius 2 is 2.33 bits per heavy atom. The van der Waals surface area contributed by atoms with Crippen LogP contribution in [0.4, 0.5) is 0 Å². The van der Waals surface area contributed by atoms with Gasteiger partial charge in [-0.1, -0.05) is 6.92 Å². The predicted octanol–water partition coefficient (Wildman–Crippen LogP) is 1.20. The van der Waals surface area contributed by atoms with Crippen molar-refractivity contribution < 1.29 is 4.74 Å². The molecule has 0 bridgehead atoms. The summed E-state index contributed by atoms with van der Waals surface area (Å²) in [7, 11) is 0. The highest BCUT2D eigenvalue weighted by Crippen LogP contribution is 2.13. The highest BCUT2D eigenvalue weighted by Gasteiger charge is 2.16. The minimum Gasteiger partial charge on any atom is -0.388 e. The summed E-state index contributed by atoms with van der Waals surface area (Å²) < 4.78 is 5.69. The van der Waals surface area contributed by atoms with Crippen molar-refractivity contribution in [3.8, 4) is 0 Å². The molecule has 4 nitrogen and oxygen atoms in total. The summed E-state index contributed by atoms with van der Waals surface area (Å²) in [5.74, 6) is 0.276. The van der Waals surface area contributed by atoms with Crippen LogP contribution in [-0.2, 0) is 4.74 Å². The van der Waals surface area contributed by atoms with Crippen LogP contribution in [-0.4, -0.2) is 43.1 Å². The monoisotopic (exact) mass is 213 g/mol. The summed E-state index contributed by atoms with van der Waals surface area (Å²) >= 11 is 0. The van der Waals surface area contributed by atoms with E-state index in [1.54, 1.807) is 0 Å². The van der Waals surface area contributed by atoms with E-state index in [9.17, 15) is 0 Å². The second-order valence-corrected chi connectivity index (χ2v) is 4.16. The molecule has 1 saturated heterocycles. The molecular weight excluding hydrogens is 190 g/mol. The molecule has 1 rings (SSSR count). The molecule has 1 atom stereocenters. The SMILES string of the molecule is CCN(CCC(=N)N)CC1CCCCO1. The zero-order valence-corrected chi connectivity index (χ0v) is 9.67. The van der Waals surface area contributed by atoms with Crippen LogP contribution in [0, 0.1) is 5.41 Å². The van der Waals surface area contributed by atoms with Gasteiger partial charge in [0.25, 0.3) is 0 Å². The molecule has 1 aliphatic heterocycles. The van der Waals surface area contributed by atoms with Crippen molar-refractivity contribution in [1.82, 2.24) is 4.90 Å². The van der Waals surface area contributed by atoms with E-state index in [1.165, 1.54) is 19.3 Å². The normalized spacial score (nSPS) is 21.9. The van der Waals surface area contributed by atoms with Gasteiger partial charge in [-0.3, -0.25) is 5.41 Å². The first-order valence-electron chi connectivity index (χ1n) is 5.89. The van der Waals surface area contributed by atoms with E-state index in [-0.39, 0.29) is 5.84 Å². The van der Waals surface area contributed by atoms with Crippen LogP contribution < -0.4 is 5.73 Å². The Kier molecular flexibility index (Phi) is 5.65. The van der Waals surface area contributed by atoms with Crippen LogP contribution in [0.5, 0.6) is 0 Å². The molecule has 0 aliphatic carbocycles. The number of nitrogens with one attached hydrogen (secondary N) is 1. The number of hydrogen-bond donors (Lipinski definition) is 2. The van der Waals surface area contributed by atoms with Crippen molar-refractivity contribution in [3.63, 3.8) is 0 Å². The Morgan fingerprint density at radius 1 is 1.53 bits per heavy atom. The number of rotatable bonds is 6. The lowest BCUT2D eigenvalue weighted by Gasteiger charge is -2.29. The van der Waals surface area contributed by atoms with Crippen LogP contribution in [0.1, 0.15) is 32.6 Å². The van der Waals surface area contributed by atoms with Gasteiger partial charge in [0.15, 0.2) is 0 Å². The number of ether oxygens (including phenoxy) is 1. The summed E-state index contributed by atoms with van der Waals surface area (Å²) in [4.78, 5) is 2.32. The lowest BCUT2D eigenvalue weighted by atomic mass is 10.1. The maximum absolute atomic E-state index is 7.20. The van der Waals surface area contributed by atoms with Crippen LogP contribution in [0.3, 0.4) is 0 Å². The number of likely N-dealkylation sites (N-methyl/N-ethyl adjacent to an activating group) is 1. The molecule has 1 fully saturated rings.